The Morgan fingerprint density at radius 3 is 2.34 bits per heavy atom. The van der Waals surface area contributed by atoms with Gasteiger partial charge in [0.15, 0.2) is 0 Å². The number of hydrogen-bond donors (Lipinski definition) is 2. The molecular weight excluding hydrogens is 668 g/mol. The van der Waals surface area contributed by atoms with Crippen LogP contribution in [0.1, 0.15) is 101 Å². The zero-order valence-corrected chi connectivity index (χ0v) is 30.9. The molecule has 0 unspecified atom stereocenters. The number of fused-ring (bicyclic) bond motifs is 2. The lowest BCUT2D eigenvalue weighted by atomic mass is 9.75. The maximum Gasteiger partial charge on any atom is 0.410 e. The molecule has 3 aliphatic heterocycles. The first-order valence-corrected chi connectivity index (χ1v) is 18.5. The predicted octanol–water partition coefficient (Wildman–Crippen LogP) is 9.44. The maximum absolute atomic E-state index is 13.1. The van der Waals surface area contributed by atoms with E-state index in [0.717, 1.165) is 88.0 Å². The Bertz CT molecular complexity index is 2150. The van der Waals surface area contributed by atoms with Crippen molar-refractivity contribution in [3.63, 3.8) is 0 Å². The quantitative estimate of drug-likeness (QED) is 0.180. The third-order valence-corrected chi connectivity index (χ3v) is 10.6. The molecular formula is C42H46N6O5. The lowest BCUT2D eigenvalue weighted by Crippen LogP contribution is -2.36. The zero-order valence-electron chi connectivity index (χ0n) is 30.9. The number of carbonyl (C=O) groups is 2. The van der Waals surface area contributed by atoms with Crippen molar-refractivity contribution in [3.05, 3.63) is 107 Å². The fourth-order valence-electron chi connectivity index (χ4n) is 7.81. The number of hydrogen-bond acceptors (Lipinski definition) is 7. The zero-order chi connectivity index (χ0) is 36.9. The average Bonchev–Trinajstić information content (AvgIpc) is 3.97. The number of imidazole rings is 2. The van der Waals surface area contributed by atoms with E-state index >= 15 is 0 Å². The normalized spacial score (nSPS) is 19.0. The number of rotatable bonds is 6. The summed E-state index contributed by atoms with van der Waals surface area (Å²) in [5.41, 5.74) is 5.85. The molecule has 5 aromatic rings. The third-order valence-electron chi connectivity index (χ3n) is 10.6. The fourth-order valence-corrected chi connectivity index (χ4v) is 7.81. The lowest BCUT2D eigenvalue weighted by molar-refractivity contribution is 0.0221. The van der Waals surface area contributed by atoms with Crippen LogP contribution in [0.25, 0.3) is 22.6 Å². The van der Waals surface area contributed by atoms with E-state index in [1.807, 2.05) is 75.6 Å². The third kappa shape index (κ3) is 6.76. The molecule has 3 aliphatic rings. The Kier molecular flexibility index (Phi) is 8.75. The van der Waals surface area contributed by atoms with E-state index in [1.54, 1.807) is 9.80 Å². The van der Waals surface area contributed by atoms with Crippen LogP contribution in [0.2, 0.25) is 0 Å². The Labute approximate surface area is 309 Å². The van der Waals surface area contributed by atoms with Crippen LogP contribution in [0.3, 0.4) is 0 Å². The summed E-state index contributed by atoms with van der Waals surface area (Å²) < 4.78 is 17.9. The van der Waals surface area contributed by atoms with Gasteiger partial charge in [0.05, 0.1) is 35.9 Å². The van der Waals surface area contributed by atoms with Crippen LogP contribution in [0.5, 0.6) is 11.5 Å². The summed E-state index contributed by atoms with van der Waals surface area (Å²) in [5, 5.41) is 0. The van der Waals surface area contributed by atoms with Crippen molar-refractivity contribution < 1.29 is 23.8 Å². The van der Waals surface area contributed by atoms with E-state index in [0.29, 0.717) is 13.1 Å². The number of aromatic nitrogens is 4. The van der Waals surface area contributed by atoms with Gasteiger partial charge in [-0.25, -0.2) is 19.6 Å². The van der Waals surface area contributed by atoms with Crippen LogP contribution >= 0.6 is 0 Å². The highest BCUT2D eigenvalue weighted by Gasteiger charge is 2.37. The smallest absolute Gasteiger partial charge is 0.410 e. The summed E-state index contributed by atoms with van der Waals surface area (Å²) in [6.07, 6.45) is 6.51. The second-order valence-electron chi connectivity index (χ2n) is 15.7. The topological polar surface area (TPSA) is 126 Å². The average molecular weight is 715 g/mol. The van der Waals surface area contributed by atoms with Gasteiger partial charge < -0.3 is 24.2 Å². The first kappa shape index (κ1) is 34.5. The summed E-state index contributed by atoms with van der Waals surface area (Å²) in [6, 6.07) is 21.9. The second-order valence-corrected chi connectivity index (χ2v) is 15.7. The highest BCUT2D eigenvalue weighted by molar-refractivity contribution is 5.71. The molecule has 5 heterocycles. The maximum atomic E-state index is 13.1. The van der Waals surface area contributed by atoms with Crippen molar-refractivity contribution in [1.82, 2.24) is 29.7 Å². The van der Waals surface area contributed by atoms with Crippen LogP contribution < -0.4 is 4.74 Å². The molecule has 53 heavy (non-hydrogen) atoms. The molecule has 0 bridgehead atoms. The molecule has 274 valence electrons. The summed E-state index contributed by atoms with van der Waals surface area (Å²) in [5.74, 6) is 3.08. The highest BCUT2D eigenvalue weighted by atomic mass is 16.6. The highest BCUT2D eigenvalue weighted by Crippen LogP contribution is 2.50. The largest absolute Gasteiger partial charge is 0.457 e. The molecule has 11 heteroatoms. The molecule has 2 saturated heterocycles. The first-order valence-electron chi connectivity index (χ1n) is 18.5. The molecule has 0 saturated carbocycles. The van der Waals surface area contributed by atoms with Crippen molar-refractivity contribution in [2.24, 2.45) is 0 Å². The van der Waals surface area contributed by atoms with Crippen LogP contribution in [-0.2, 0) is 21.5 Å². The Balaban J connectivity index is 0.980. The summed E-state index contributed by atoms with van der Waals surface area (Å²) in [6.45, 7) is 11.6. The number of carbonyl (C=O) groups excluding carboxylic acids is 2. The number of nitrogens with one attached hydrogen (secondary N) is 2. The van der Waals surface area contributed by atoms with Gasteiger partial charge in [0, 0.05) is 40.8 Å². The van der Waals surface area contributed by atoms with Gasteiger partial charge >= 0.3 is 12.2 Å². The molecule has 0 aliphatic carbocycles. The number of ether oxygens (including phenoxy) is 3. The van der Waals surface area contributed by atoms with Gasteiger partial charge in [-0.05, 0) is 76.3 Å². The minimum absolute atomic E-state index is 0.103. The lowest BCUT2D eigenvalue weighted by Gasteiger charge is -2.35. The molecule has 0 radical (unpaired) electrons. The molecule has 3 aromatic carbocycles. The SMILES string of the molecule is CC(C)(C)OC(=O)N1CCC[C@H]1c1cnc(-c2ccc3c(c2)C(C)(C)c2ccc(-c4cnc([C@@H]5CCCN5C(=O)OCc5ccccc5)[nH]4)cc2O3)[nH]1. The van der Waals surface area contributed by atoms with Gasteiger partial charge in [0.1, 0.15) is 35.4 Å². The van der Waals surface area contributed by atoms with Crippen LogP contribution in [0.4, 0.5) is 9.59 Å². The number of nitrogens with zero attached hydrogens (tertiary/aromatic N) is 4. The molecule has 2 amide bonds. The second kappa shape index (κ2) is 13.4. The van der Waals surface area contributed by atoms with Crippen LogP contribution in [0.15, 0.2) is 79.1 Å². The summed E-state index contributed by atoms with van der Waals surface area (Å²) in [4.78, 5) is 46.0. The van der Waals surface area contributed by atoms with Gasteiger partial charge in [0.25, 0.3) is 0 Å². The standard InChI is InChI=1S/C42H46N6O5/c1-41(2,3)53-40(50)47-19-9-13-33(47)32-24-43-37(46-32)28-16-18-35-30(21-28)42(4,5)29-17-15-27(22-36(29)52-35)31-23-44-38(45-31)34-14-10-20-48(34)39(49)51-25-26-11-7-6-8-12-26/h6-8,11-12,15-18,21-24,33-34H,9-10,13-14,19-20,25H2,1-5H3,(H,43,46)(H,44,45)/t33-,34-/m0/s1. The molecule has 2 fully saturated rings. The fraction of sp³-hybridized carbons (Fsp3) is 0.381. The van der Waals surface area contributed by atoms with E-state index < -0.39 is 5.60 Å². The van der Waals surface area contributed by atoms with Crippen molar-refractivity contribution in [1.29, 1.82) is 0 Å². The number of benzene rings is 3. The summed E-state index contributed by atoms with van der Waals surface area (Å²) in [7, 11) is 0. The Hall–Kier alpha value is -5.58. The molecule has 0 spiro atoms. The van der Waals surface area contributed by atoms with Crippen molar-refractivity contribution in [2.75, 3.05) is 13.1 Å². The van der Waals surface area contributed by atoms with Crippen molar-refractivity contribution >= 4 is 12.2 Å². The van der Waals surface area contributed by atoms with E-state index in [9.17, 15) is 9.59 Å². The van der Waals surface area contributed by atoms with Gasteiger partial charge in [-0.3, -0.25) is 9.80 Å². The molecule has 2 N–H and O–H groups in total. The predicted molar refractivity (Wildman–Crippen MR) is 200 cm³/mol. The molecule has 2 atom stereocenters. The van der Waals surface area contributed by atoms with E-state index in [4.69, 9.17) is 24.2 Å². The van der Waals surface area contributed by atoms with E-state index in [1.165, 1.54) is 0 Å². The van der Waals surface area contributed by atoms with Crippen LogP contribution in [0, 0.1) is 0 Å². The van der Waals surface area contributed by atoms with Crippen molar-refractivity contribution in [3.8, 4) is 34.1 Å². The van der Waals surface area contributed by atoms with Crippen molar-refractivity contribution in [2.45, 2.75) is 90.0 Å². The van der Waals surface area contributed by atoms with E-state index in [-0.39, 0.29) is 36.3 Å². The Morgan fingerprint density at radius 1 is 0.830 bits per heavy atom. The number of likely N-dealkylation sites (tertiary alicyclic amines) is 2. The van der Waals surface area contributed by atoms with Gasteiger partial charge in [-0.2, -0.15) is 0 Å². The minimum Gasteiger partial charge on any atom is -0.457 e. The van der Waals surface area contributed by atoms with Gasteiger partial charge in [-0.1, -0.05) is 56.3 Å². The monoisotopic (exact) mass is 714 g/mol. The van der Waals surface area contributed by atoms with Crippen LogP contribution in [-0.4, -0.2) is 60.6 Å². The number of amides is 2. The Morgan fingerprint density at radius 2 is 1.57 bits per heavy atom. The van der Waals surface area contributed by atoms with E-state index in [2.05, 4.69) is 48.1 Å². The molecule has 8 rings (SSSR count). The molecule has 2 aromatic heterocycles. The number of H-pyrrole nitrogens is 2. The molecule has 11 nitrogen and oxygen atoms in total. The van der Waals surface area contributed by atoms with Gasteiger partial charge in [0.2, 0.25) is 0 Å². The summed E-state index contributed by atoms with van der Waals surface area (Å²) >= 11 is 0. The first-order chi connectivity index (χ1) is 25.4. The number of aromatic amines is 2. The minimum atomic E-state index is -0.552. The van der Waals surface area contributed by atoms with Gasteiger partial charge in [-0.15, -0.1) is 0 Å².